The summed E-state index contributed by atoms with van der Waals surface area (Å²) in [6.45, 7) is 2.52. The molecule has 2 unspecified atom stereocenters. The van der Waals surface area contributed by atoms with E-state index in [1.807, 2.05) is 19.1 Å². The van der Waals surface area contributed by atoms with Crippen molar-refractivity contribution in [2.45, 2.75) is 45.1 Å². The summed E-state index contributed by atoms with van der Waals surface area (Å²) >= 11 is 5.87. The van der Waals surface area contributed by atoms with E-state index in [2.05, 4.69) is 10.1 Å². The van der Waals surface area contributed by atoms with Crippen LogP contribution in [0.4, 0.5) is 0 Å². The van der Waals surface area contributed by atoms with E-state index in [0.717, 1.165) is 12.0 Å². The number of hydrogen-bond acceptors (Lipinski definition) is 5. The number of aliphatic carboxylic acids is 1. The van der Waals surface area contributed by atoms with Crippen molar-refractivity contribution in [2.75, 3.05) is 6.54 Å². The molecule has 2 heterocycles. The van der Waals surface area contributed by atoms with Gasteiger partial charge in [0.2, 0.25) is 17.6 Å². The number of aryl methyl sites for hydroxylation is 1. The Morgan fingerprint density at radius 2 is 2.07 bits per heavy atom. The Bertz CT molecular complexity index is 806. The predicted molar refractivity (Wildman–Crippen MR) is 99.2 cm³/mol. The van der Waals surface area contributed by atoms with Crippen molar-refractivity contribution >= 4 is 23.5 Å². The molecule has 2 atom stereocenters. The second-order valence-electron chi connectivity index (χ2n) is 6.94. The number of piperidine rings is 1. The van der Waals surface area contributed by atoms with E-state index in [-0.39, 0.29) is 12.3 Å². The largest absolute Gasteiger partial charge is 0.480 e. The third-order valence-corrected chi connectivity index (χ3v) is 5.07. The lowest BCUT2D eigenvalue weighted by Crippen LogP contribution is -2.49. The first kappa shape index (κ1) is 19.4. The van der Waals surface area contributed by atoms with E-state index in [1.165, 1.54) is 4.90 Å². The fourth-order valence-electron chi connectivity index (χ4n) is 3.28. The molecule has 1 aromatic carbocycles. The molecule has 1 aliphatic heterocycles. The topological polar surface area (TPSA) is 96.5 Å². The number of amides is 1. The number of hydrogen-bond donors (Lipinski definition) is 1. The maximum absolute atomic E-state index is 12.5. The average molecular weight is 392 g/mol. The molecule has 0 radical (unpaired) electrons. The smallest absolute Gasteiger partial charge is 0.326 e. The van der Waals surface area contributed by atoms with Gasteiger partial charge in [-0.1, -0.05) is 23.7 Å². The van der Waals surface area contributed by atoms with Gasteiger partial charge >= 0.3 is 5.97 Å². The fourth-order valence-corrected chi connectivity index (χ4v) is 3.41. The standard InChI is InChI=1S/C19H22ClN3O4/c1-12-9-10-23(15(11-12)19(25)26)17(24)4-2-3-16-21-18(22-27-16)13-5-7-14(20)8-6-13/h5-8,12,15H,2-4,9-11H2,1H3,(H,25,26). The van der Waals surface area contributed by atoms with E-state index in [9.17, 15) is 14.7 Å². The van der Waals surface area contributed by atoms with Gasteiger partial charge in [0.25, 0.3) is 0 Å². The van der Waals surface area contributed by atoms with Crippen molar-refractivity contribution in [3.05, 3.63) is 35.2 Å². The first-order valence-corrected chi connectivity index (χ1v) is 9.42. The third-order valence-electron chi connectivity index (χ3n) is 4.82. The van der Waals surface area contributed by atoms with Crippen LogP contribution in [0.25, 0.3) is 11.4 Å². The normalized spacial score (nSPS) is 19.9. The van der Waals surface area contributed by atoms with Crippen LogP contribution in [0.3, 0.4) is 0 Å². The lowest BCUT2D eigenvalue weighted by Gasteiger charge is -2.36. The molecule has 1 saturated heterocycles. The minimum absolute atomic E-state index is 0.133. The van der Waals surface area contributed by atoms with E-state index in [0.29, 0.717) is 48.5 Å². The minimum Gasteiger partial charge on any atom is -0.480 e. The molecule has 1 aromatic heterocycles. The first-order chi connectivity index (χ1) is 12.9. The monoisotopic (exact) mass is 391 g/mol. The lowest BCUT2D eigenvalue weighted by molar-refractivity contribution is -0.153. The third kappa shape index (κ3) is 4.86. The number of carboxylic acid groups (broad SMARTS) is 1. The zero-order chi connectivity index (χ0) is 19.4. The van der Waals surface area contributed by atoms with Crippen LogP contribution in [0.1, 0.15) is 38.5 Å². The maximum atomic E-state index is 12.5. The first-order valence-electron chi connectivity index (χ1n) is 9.05. The quantitative estimate of drug-likeness (QED) is 0.810. The number of carbonyl (C=O) groups is 2. The molecule has 1 N–H and O–H groups in total. The number of likely N-dealkylation sites (tertiary alicyclic amines) is 1. The highest BCUT2D eigenvalue weighted by atomic mass is 35.5. The van der Waals surface area contributed by atoms with Gasteiger partial charge in [-0.3, -0.25) is 4.79 Å². The van der Waals surface area contributed by atoms with Crippen LogP contribution < -0.4 is 0 Å². The molecule has 7 nitrogen and oxygen atoms in total. The Morgan fingerprint density at radius 1 is 1.33 bits per heavy atom. The van der Waals surface area contributed by atoms with Crippen LogP contribution in [0.15, 0.2) is 28.8 Å². The zero-order valence-electron chi connectivity index (χ0n) is 15.1. The maximum Gasteiger partial charge on any atom is 0.326 e. The van der Waals surface area contributed by atoms with Crippen LogP contribution in [-0.4, -0.2) is 44.6 Å². The van der Waals surface area contributed by atoms with Crippen molar-refractivity contribution in [1.82, 2.24) is 15.0 Å². The highest BCUT2D eigenvalue weighted by molar-refractivity contribution is 6.30. The van der Waals surface area contributed by atoms with Gasteiger partial charge in [-0.05, 0) is 49.4 Å². The summed E-state index contributed by atoms with van der Waals surface area (Å²) in [7, 11) is 0. The van der Waals surface area contributed by atoms with Crippen molar-refractivity contribution in [1.29, 1.82) is 0 Å². The van der Waals surface area contributed by atoms with E-state index in [1.54, 1.807) is 12.1 Å². The summed E-state index contributed by atoms with van der Waals surface area (Å²) in [5.74, 6) is 0.185. The van der Waals surface area contributed by atoms with Crippen molar-refractivity contribution < 1.29 is 19.2 Å². The highest BCUT2D eigenvalue weighted by Crippen LogP contribution is 2.24. The van der Waals surface area contributed by atoms with Gasteiger partial charge in [-0.25, -0.2) is 4.79 Å². The number of carboxylic acids is 1. The van der Waals surface area contributed by atoms with Crippen LogP contribution in [0.2, 0.25) is 5.02 Å². The number of carbonyl (C=O) groups excluding carboxylic acids is 1. The average Bonchev–Trinajstić information content (AvgIpc) is 3.11. The molecule has 1 fully saturated rings. The van der Waals surface area contributed by atoms with Gasteiger partial charge in [0.05, 0.1) is 0 Å². The van der Waals surface area contributed by atoms with Crippen LogP contribution in [-0.2, 0) is 16.0 Å². The number of halogens is 1. The van der Waals surface area contributed by atoms with Gasteiger partial charge in [-0.15, -0.1) is 0 Å². The highest BCUT2D eigenvalue weighted by Gasteiger charge is 2.34. The molecular weight excluding hydrogens is 370 g/mol. The molecule has 3 rings (SSSR count). The van der Waals surface area contributed by atoms with Crippen LogP contribution >= 0.6 is 11.6 Å². The zero-order valence-corrected chi connectivity index (χ0v) is 15.9. The lowest BCUT2D eigenvalue weighted by atomic mass is 9.92. The number of rotatable bonds is 6. The van der Waals surface area contributed by atoms with Gasteiger partial charge in [0, 0.05) is 30.0 Å². The van der Waals surface area contributed by atoms with Gasteiger partial charge in [-0.2, -0.15) is 4.98 Å². The molecule has 0 saturated carbocycles. The molecule has 0 spiro atoms. The Kier molecular flexibility index (Phi) is 6.11. The van der Waals surface area contributed by atoms with Gasteiger partial charge in [0.15, 0.2) is 0 Å². The second-order valence-corrected chi connectivity index (χ2v) is 7.38. The van der Waals surface area contributed by atoms with Gasteiger partial charge in [0.1, 0.15) is 6.04 Å². The summed E-state index contributed by atoms with van der Waals surface area (Å²) in [5.41, 5.74) is 0.803. The Labute approximate surface area is 162 Å². The van der Waals surface area contributed by atoms with Crippen molar-refractivity contribution in [3.63, 3.8) is 0 Å². The van der Waals surface area contributed by atoms with E-state index < -0.39 is 12.0 Å². The summed E-state index contributed by atoms with van der Waals surface area (Å²) in [4.78, 5) is 29.7. The molecular formula is C19H22ClN3O4. The van der Waals surface area contributed by atoms with E-state index in [4.69, 9.17) is 16.1 Å². The molecule has 2 aromatic rings. The van der Waals surface area contributed by atoms with Crippen LogP contribution in [0, 0.1) is 5.92 Å². The summed E-state index contributed by atoms with van der Waals surface area (Å²) in [6, 6.07) is 6.41. The molecule has 8 heteroatoms. The molecule has 144 valence electrons. The predicted octanol–water partition coefficient (Wildman–Crippen LogP) is 3.42. The number of benzene rings is 1. The van der Waals surface area contributed by atoms with Gasteiger partial charge < -0.3 is 14.5 Å². The minimum atomic E-state index is -0.931. The SMILES string of the molecule is CC1CCN(C(=O)CCCc2nc(-c3ccc(Cl)cc3)no2)C(C(=O)O)C1. The fraction of sp³-hybridized carbons (Fsp3) is 0.474. The van der Waals surface area contributed by atoms with Crippen molar-refractivity contribution in [3.8, 4) is 11.4 Å². The Balaban J connectivity index is 1.53. The number of nitrogens with zero attached hydrogens (tertiary/aromatic N) is 3. The Hall–Kier alpha value is -2.41. The summed E-state index contributed by atoms with van der Waals surface area (Å²) in [5, 5.41) is 13.9. The molecule has 27 heavy (non-hydrogen) atoms. The molecule has 0 aliphatic carbocycles. The van der Waals surface area contributed by atoms with Crippen molar-refractivity contribution in [2.24, 2.45) is 5.92 Å². The van der Waals surface area contributed by atoms with Crippen LogP contribution in [0.5, 0.6) is 0 Å². The second kappa shape index (κ2) is 8.52. The summed E-state index contributed by atoms with van der Waals surface area (Å²) in [6.07, 6.45) is 2.60. The van der Waals surface area contributed by atoms with E-state index >= 15 is 0 Å². The Morgan fingerprint density at radius 3 is 2.78 bits per heavy atom. The molecule has 0 bridgehead atoms. The molecule has 1 amide bonds. The number of aromatic nitrogens is 2. The molecule has 1 aliphatic rings. The summed E-state index contributed by atoms with van der Waals surface area (Å²) < 4.78 is 5.24.